The lowest BCUT2D eigenvalue weighted by Gasteiger charge is -2.30. The first-order valence-corrected chi connectivity index (χ1v) is 8.57. The Labute approximate surface area is 147 Å². The van der Waals surface area contributed by atoms with Crippen molar-refractivity contribution in [1.82, 2.24) is 0 Å². The van der Waals surface area contributed by atoms with Gasteiger partial charge in [0.25, 0.3) is 5.91 Å². The quantitative estimate of drug-likeness (QED) is 0.891. The summed E-state index contributed by atoms with van der Waals surface area (Å²) in [5.41, 5.74) is 9.70. The third kappa shape index (κ3) is 3.65. The molecule has 1 heterocycles. The number of aryl methyl sites for hydroxylation is 1. The van der Waals surface area contributed by atoms with Crippen LogP contribution in [0.15, 0.2) is 42.5 Å². The van der Waals surface area contributed by atoms with Crippen LogP contribution in [0.2, 0.25) is 0 Å². The van der Waals surface area contributed by atoms with Crippen LogP contribution in [0.5, 0.6) is 0 Å². The SMILES string of the molecule is CC(C)c1ccc2c(c1)CCCN2C(=O)c1cccc(NC(N)=O)c1. The molecule has 1 aliphatic rings. The molecule has 0 aromatic heterocycles. The third-order valence-corrected chi connectivity index (χ3v) is 4.51. The summed E-state index contributed by atoms with van der Waals surface area (Å²) < 4.78 is 0. The Morgan fingerprint density at radius 1 is 1.16 bits per heavy atom. The van der Waals surface area contributed by atoms with Crippen LogP contribution < -0.4 is 16.0 Å². The average molecular weight is 337 g/mol. The fraction of sp³-hybridized carbons (Fsp3) is 0.300. The van der Waals surface area contributed by atoms with Gasteiger partial charge in [0.2, 0.25) is 0 Å². The van der Waals surface area contributed by atoms with E-state index in [2.05, 4.69) is 31.3 Å². The first-order valence-electron chi connectivity index (χ1n) is 8.57. The molecule has 0 atom stereocenters. The number of fused-ring (bicyclic) bond motifs is 1. The van der Waals surface area contributed by atoms with Gasteiger partial charge < -0.3 is 16.0 Å². The van der Waals surface area contributed by atoms with E-state index < -0.39 is 6.03 Å². The number of hydrogen-bond acceptors (Lipinski definition) is 2. The Balaban J connectivity index is 1.91. The molecule has 0 spiro atoms. The maximum atomic E-state index is 13.0. The highest BCUT2D eigenvalue weighted by Gasteiger charge is 2.24. The number of benzene rings is 2. The average Bonchev–Trinajstić information content (AvgIpc) is 2.59. The van der Waals surface area contributed by atoms with Crippen molar-refractivity contribution in [2.24, 2.45) is 5.73 Å². The van der Waals surface area contributed by atoms with Crippen LogP contribution in [0, 0.1) is 0 Å². The standard InChI is InChI=1S/C20H23N3O2/c1-13(2)14-8-9-18-15(11-14)6-4-10-23(18)19(24)16-5-3-7-17(12-16)22-20(21)25/h3,5,7-9,11-13H,4,6,10H2,1-2H3,(H3,21,22,25). The second kappa shape index (κ2) is 6.97. The molecule has 0 saturated carbocycles. The molecule has 3 rings (SSSR count). The van der Waals surface area contributed by atoms with E-state index in [0.29, 0.717) is 23.7 Å². The number of nitrogens with zero attached hydrogens (tertiary/aromatic N) is 1. The van der Waals surface area contributed by atoms with Gasteiger partial charge in [0, 0.05) is 23.5 Å². The number of carbonyl (C=O) groups is 2. The van der Waals surface area contributed by atoms with E-state index >= 15 is 0 Å². The highest BCUT2D eigenvalue weighted by atomic mass is 16.2. The van der Waals surface area contributed by atoms with Crippen molar-refractivity contribution in [3.8, 4) is 0 Å². The summed E-state index contributed by atoms with van der Waals surface area (Å²) in [5, 5.41) is 2.51. The van der Waals surface area contributed by atoms with E-state index in [9.17, 15) is 9.59 Å². The molecule has 0 radical (unpaired) electrons. The van der Waals surface area contributed by atoms with Gasteiger partial charge in [0.1, 0.15) is 0 Å². The molecule has 2 aromatic carbocycles. The summed E-state index contributed by atoms with van der Waals surface area (Å²) in [6.45, 7) is 5.04. The zero-order chi connectivity index (χ0) is 18.0. The summed E-state index contributed by atoms with van der Waals surface area (Å²) >= 11 is 0. The Morgan fingerprint density at radius 3 is 2.68 bits per heavy atom. The molecule has 3 amide bonds. The van der Waals surface area contributed by atoms with Gasteiger partial charge in [-0.15, -0.1) is 0 Å². The summed E-state index contributed by atoms with van der Waals surface area (Å²) in [4.78, 5) is 25.8. The van der Waals surface area contributed by atoms with E-state index in [1.807, 2.05) is 11.0 Å². The summed E-state index contributed by atoms with van der Waals surface area (Å²) in [6, 6.07) is 12.6. The highest BCUT2D eigenvalue weighted by Crippen LogP contribution is 2.31. The van der Waals surface area contributed by atoms with E-state index in [4.69, 9.17) is 5.73 Å². The number of nitrogens with one attached hydrogen (secondary N) is 1. The minimum atomic E-state index is -0.644. The van der Waals surface area contributed by atoms with Crippen LogP contribution in [-0.2, 0) is 6.42 Å². The van der Waals surface area contributed by atoms with Gasteiger partial charge >= 0.3 is 6.03 Å². The predicted molar refractivity (Wildman–Crippen MR) is 100 cm³/mol. The van der Waals surface area contributed by atoms with E-state index in [1.165, 1.54) is 11.1 Å². The monoisotopic (exact) mass is 337 g/mol. The molecule has 1 aliphatic heterocycles. The Morgan fingerprint density at radius 2 is 1.96 bits per heavy atom. The van der Waals surface area contributed by atoms with Crippen LogP contribution in [0.4, 0.5) is 16.2 Å². The lowest BCUT2D eigenvalue weighted by atomic mass is 9.94. The van der Waals surface area contributed by atoms with Crippen LogP contribution in [0.25, 0.3) is 0 Å². The molecule has 5 nitrogen and oxygen atoms in total. The van der Waals surface area contributed by atoms with Gasteiger partial charge in [-0.25, -0.2) is 4.79 Å². The topological polar surface area (TPSA) is 75.4 Å². The maximum absolute atomic E-state index is 13.0. The zero-order valence-electron chi connectivity index (χ0n) is 14.6. The van der Waals surface area contributed by atoms with Crippen LogP contribution >= 0.6 is 0 Å². The summed E-state index contributed by atoms with van der Waals surface area (Å²) in [7, 11) is 0. The first-order chi connectivity index (χ1) is 12.0. The fourth-order valence-corrected chi connectivity index (χ4v) is 3.22. The van der Waals surface area contributed by atoms with Crippen molar-refractivity contribution in [3.63, 3.8) is 0 Å². The number of rotatable bonds is 3. The molecule has 5 heteroatoms. The second-order valence-electron chi connectivity index (χ2n) is 6.67. The Kier molecular flexibility index (Phi) is 4.74. The molecule has 0 aliphatic carbocycles. The lowest BCUT2D eigenvalue weighted by molar-refractivity contribution is 0.0985. The number of amides is 3. The number of carbonyl (C=O) groups excluding carboxylic acids is 2. The van der Waals surface area contributed by atoms with Gasteiger partial charge in [-0.1, -0.05) is 32.0 Å². The number of primary amides is 1. The predicted octanol–water partition coefficient (Wildman–Crippen LogP) is 3.89. The van der Waals surface area contributed by atoms with Crippen molar-refractivity contribution in [2.45, 2.75) is 32.6 Å². The normalized spacial score (nSPS) is 13.5. The lowest BCUT2D eigenvalue weighted by Crippen LogP contribution is -2.35. The highest BCUT2D eigenvalue weighted by molar-refractivity contribution is 6.07. The molecule has 2 aromatic rings. The minimum absolute atomic E-state index is 0.0635. The summed E-state index contributed by atoms with van der Waals surface area (Å²) in [5.74, 6) is 0.402. The van der Waals surface area contributed by atoms with E-state index in [1.54, 1.807) is 24.3 Å². The van der Waals surface area contributed by atoms with Gasteiger partial charge in [0.05, 0.1) is 0 Å². The number of anilines is 2. The smallest absolute Gasteiger partial charge is 0.316 e. The molecule has 0 bridgehead atoms. The van der Waals surface area contributed by atoms with Crippen molar-refractivity contribution in [3.05, 3.63) is 59.2 Å². The molecular weight excluding hydrogens is 314 g/mol. The molecule has 0 unspecified atom stereocenters. The number of nitrogens with two attached hydrogens (primary N) is 1. The van der Waals surface area contributed by atoms with Crippen molar-refractivity contribution >= 4 is 23.3 Å². The van der Waals surface area contributed by atoms with E-state index in [0.717, 1.165) is 18.5 Å². The van der Waals surface area contributed by atoms with E-state index in [-0.39, 0.29) is 5.91 Å². The summed E-state index contributed by atoms with van der Waals surface area (Å²) in [6.07, 6.45) is 1.93. The van der Waals surface area contributed by atoms with Gasteiger partial charge in [-0.05, 0) is 54.2 Å². The molecule has 3 N–H and O–H groups in total. The van der Waals surface area contributed by atoms with Crippen LogP contribution in [-0.4, -0.2) is 18.5 Å². The largest absolute Gasteiger partial charge is 0.351 e. The van der Waals surface area contributed by atoms with Gasteiger partial charge in [-0.3, -0.25) is 4.79 Å². The third-order valence-electron chi connectivity index (χ3n) is 4.51. The van der Waals surface area contributed by atoms with Crippen molar-refractivity contribution < 1.29 is 9.59 Å². The molecule has 130 valence electrons. The second-order valence-corrected chi connectivity index (χ2v) is 6.67. The van der Waals surface area contributed by atoms with Crippen molar-refractivity contribution in [2.75, 3.05) is 16.8 Å². The number of hydrogen-bond donors (Lipinski definition) is 2. The zero-order valence-corrected chi connectivity index (χ0v) is 14.6. The molecular formula is C20H23N3O2. The van der Waals surface area contributed by atoms with Gasteiger partial charge in [0.15, 0.2) is 0 Å². The van der Waals surface area contributed by atoms with Gasteiger partial charge in [-0.2, -0.15) is 0 Å². The fourth-order valence-electron chi connectivity index (χ4n) is 3.22. The Hall–Kier alpha value is -2.82. The first kappa shape index (κ1) is 17.0. The Bertz CT molecular complexity index is 814. The minimum Gasteiger partial charge on any atom is -0.351 e. The molecule has 0 fully saturated rings. The van der Waals surface area contributed by atoms with Crippen LogP contribution in [0.3, 0.4) is 0 Å². The van der Waals surface area contributed by atoms with Crippen LogP contribution in [0.1, 0.15) is 47.7 Å². The maximum Gasteiger partial charge on any atom is 0.316 e. The molecule has 0 saturated heterocycles. The van der Waals surface area contributed by atoms with Crippen molar-refractivity contribution in [1.29, 1.82) is 0 Å². The number of urea groups is 1. The molecule has 25 heavy (non-hydrogen) atoms.